The summed E-state index contributed by atoms with van der Waals surface area (Å²) in [6.45, 7) is 10.4. The van der Waals surface area contributed by atoms with E-state index in [1.54, 1.807) is 4.90 Å². The summed E-state index contributed by atoms with van der Waals surface area (Å²) in [5.41, 5.74) is 3.04. The van der Waals surface area contributed by atoms with Crippen molar-refractivity contribution in [3.05, 3.63) is 40.0 Å². The van der Waals surface area contributed by atoms with Crippen LogP contribution in [0, 0.1) is 0 Å². The van der Waals surface area contributed by atoms with E-state index in [1.807, 2.05) is 57.7 Å². The van der Waals surface area contributed by atoms with Gasteiger partial charge in [-0.25, -0.2) is 4.79 Å². The summed E-state index contributed by atoms with van der Waals surface area (Å²) in [7, 11) is 0. The fourth-order valence-corrected chi connectivity index (χ4v) is 5.04. The molecule has 2 aliphatic rings. The summed E-state index contributed by atoms with van der Waals surface area (Å²) in [6.07, 6.45) is 3.83. The summed E-state index contributed by atoms with van der Waals surface area (Å²) in [5.74, 6) is -0.0502. The zero-order valence-corrected chi connectivity index (χ0v) is 20.3. The first kappa shape index (κ1) is 22.8. The molecule has 2 heterocycles. The lowest BCUT2D eigenvalue weighted by atomic mass is 9.94. The van der Waals surface area contributed by atoms with E-state index in [0.717, 1.165) is 52.9 Å². The van der Waals surface area contributed by atoms with E-state index >= 15 is 0 Å². The maximum Gasteiger partial charge on any atom is 0.410 e. The van der Waals surface area contributed by atoms with E-state index in [0.29, 0.717) is 18.7 Å². The number of rotatable bonds is 1. The summed E-state index contributed by atoms with van der Waals surface area (Å²) in [4.78, 5) is 34.4. The van der Waals surface area contributed by atoms with Gasteiger partial charge in [-0.15, -0.1) is 0 Å². The highest BCUT2D eigenvalue weighted by Crippen LogP contribution is 2.33. The van der Waals surface area contributed by atoms with Crippen LogP contribution in [0.1, 0.15) is 69.1 Å². The molecule has 1 aromatic heterocycles. The van der Waals surface area contributed by atoms with Crippen LogP contribution in [0.25, 0.3) is 10.9 Å². The topological polar surface area (TPSA) is 62.7 Å². The molecule has 0 bridgehead atoms. The van der Waals surface area contributed by atoms with E-state index < -0.39 is 5.60 Å². The number of fused-ring (bicyclic) bond motifs is 2. The molecule has 1 aliphatic carbocycles. The molecule has 32 heavy (non-hydrogen) atoms. The van der Waals surface area contributed by atoms with E-state index in [9.17, 15) is 9.59 Å². The van der Waals surface area contributed by atoms with E-state index in [4.69, 9.17) is 21.3 Å². The molecule has 2 aromatic rings. The predicted octanol–water partition coefficient (Wildman–Crippen LogP) is 5.24. The normalized spacial score (nSPS) is 21.4. The first-order chi connectivity index (χ1) is 15.1. The van der Waals surface area contributed by atoms with Crippen LogP contribution < -0.4 is 0 Å². The number of aryl methyl sites for hydroxylation is 1. The first-order valence-corrected chi connectivity index (χ1v) is 11.9. The van der Waals surface area contributed by atoms with Gasteiger partial charge >= 0.3 is 6.09 Å². The van der Waals surface area contributed by atoms with Gasteiger partial charge in [0.25, 0.3) is 5.91 Å². The Hall–Kier alpha value is -2.34. The van der Waals surface area contributed by atoms with Crippen molar-refractivity contribution in [2.75, 3.05) is 13.1 Å². The molecule has 172 valence electrons. The Labute approximate surface area is 194 Å². The summed E-state index contributed by atoms with van der Waals surface area (Å²) in [6, 6.07) is 5.32. The zero-order valence-electron chi connectivity index (χ0n) is 19.6. The third kappa shape index (κ3) is 4.29. The lowest BCUT2D eigenvalue weighted by Crippen LogP contribution is -2.60. The van der Waals surface area contributed by atoms with Crippen molar-refractivity contribution < 1.29 is 14.3 Å². The summed E-state index contributed by atoms with van der Waals surface area (Å²) < 4.78 is 5.54. The highest BCUT2D eigenvalue weighted by molar-refractivity contribution is 6.36. The molecule has 1 saturated heterocycles. The van der Waals surface area contributed by atoms with Gasteiger partial charge in [-0.05, 0) is 78.0 Å². The number of piperazine rings is 1. The van der Waals surface area contributed by atoms with Crippen molar-refractivity contribution in [1.82, 2.24) is 14.8 Å². The number of ether oxygens (including phenoxy) is 1. The lowest BCUT2D eigenvalue weighted by Gasteiger charge is -2.45. The molecule has 2 unspecified atom stereocenters. The first-order valence-electron chi connectivity index (χ1n) is 11.5. The van der Waals surface area contributed by atoms with Crippen molar-refractivity contribution in [3.8, 4) is 0 Å². The molecule has 0 spiro atoms. The van der Waals surface area contributed by atoms with E-state index in [1.165, 1.54) is 0 Å². The second-order valence-corrected chi connectivity index (χ2v) is 10.3. The summed E-state index contributed by atoms with van der Waals surface area (Å²) in [5, 5.41) is 1.68. The maximum absolute atomic E-state index is 13.4. The van der Waals surface area contributed by atoms with Gasteiger partial charge < -0.3 is 14.5 Å². The van der Waals surface area contributed by atoms with Crippen LogP contribution in [0.3, 0.4) is 0 Å². The molecule has 4 rings (SSSR count). The Morgan fingerprint density at radius 3 is 2.44 bits per heavy atom. The maximum atomic E-state index is 13.4. The van der Waals surface area contributed by atoms with Gasteiger partial charge in [0.15, 0.2) is 0 Å². The number of halogens is 1. The molecule has 2 atom stereocenters. The van der Waals surface area contributed by atoms with Gasteiger partial charge in [-0.1, -0.05) is 17.7 Å². The number of hydrogen-bond donors (Lipinski definition) is 0. The van der Waals surface area contributed by atoms with Gasteiger partial charge in [0.2, 0.25) is 0 Å². The average molecular weight is 458 g/mol. The zero-order chi connectivity index (χ0) is 23.2. The second-order valence-electron chi connectivity index (χ2n) is 9.94. The average Bonchev–Trinajstić information content (AvgIpc) is 2.73. The van der Waals surface area contributed by atoms with E-state index in [2.05, 4.69) is 0 Å². The third-order valence-corrected chi connectivity index (χ3v) is 7.02. The number of nitrogens with zero attached hydrogens (tertiary/aromatic N) is 3. The Bertz CT molecular complexity index is 1060. The largest absolute Gasteiger partial charge is 0.444 e. The molecule has 1 aromatic carbocycles. The van der Waals surface area contributed by atoms with Gasteiger partial charge in [0, 0.05) is 35.8 Å². The van der Waals surface area contributed by atoms with Gasteiger partial charge in [0.05, 0.1) is 16.6 Å². The molecule has 6 nitrogen and oxygen atoms in total. The Kier molecular flexibility index (Phi) is 6.10. The Morgan fingerprint density at radius 2 is 1.72 bits per heavy atom. The van der Waals surface area contributed by atoms with Crippen molar-refractivity contribution in [3.63, 3.8) is 0 Å². The number of carbonyl (C=O) groups excluding carboxylic acids is 2. The quantitative estimate of drug-likeness (QED) is 0.587. The highest BCUT2D eigenvalue weighted by Gasteiger charge is 2.38. The SMILES string of the molecule is CC1C(C)N(C(=O)c2ccc3c(Cl)c4c(nc3c2)CCCC4)CCN1C(=O)OC(C)(C)C. The lowest BCUT2D eigenvalue weighted by molar-refractivity contribution is -0.0101. The molecular weight excluding hydrogens is 426 g/mol. The predicted molar refractivity (Wildman–Crippen MR) is 126 cm³/mol. The van der Waals surface area contributed by atoms with Crippen molar-refractivity contribution in [2.24, 2.45) is 0 Å². The molecule has 1 aliphatic heterocycles. The third-order valence-electron chi connectivity index (χ3n) is 6.59. The molecule has 7 heteroatoms. The highest BCUT2D eigenvalue weighted by atomic mass is 35.5. The number of benzene rings is 1. The minimum atomic E-state index is -0.550. The molecule has 0 radical (unpaired) electrons. The molecule has 0 N–H and O–H groups in total. The van der Waals surface area contributed by atoms with Gasteiger partial charge in [0.1, 0.15) is 5.60 Å². The standard InChI is InChI=1S/C25H32ClN3O3/c1-15-16(2)29(24(31)32-25(3,4)5)13-12-28(15)23(30)17-10-11-19-21(14-17)27-20-9-7-6-8-18(20)22(19)26/h10-11,14-16H,6-9,12-13H2,1-5H3. The van der Waals surface area contributed by atoms with E-state index in [-0.39, 0.29) is 24.1 Å². The van der Waals surface area contributed by atoms with Crippen LogP contribution in [0.4, 0.5) is 4.79 Å². The minimum absolute atomic E-state index is 0.0502. The number of aromatic nitrogens is 1. The van der Waals surface area contributed by atoms with Crippen LogP contribution in [-0.4, -0.2) is 57.6 Å². The van der Waals surface area contributed by atoms with Crippen molar-refractivity contribution >= 4 is 34.5 Å². The number of hydrogen-bond acceptors (Lipinski definition) is 4. The number of carbonyl (C=O) groups is 2. The Morgan fingerprint density at radius 1 is 1.06 bits per heavy atom. The van der Waals surface area contributed by atoms with Crippen molar-refractivity contribution in [1.29, 1.82) is 0 Å². The van der Waals surface area contributed by atoms with Gasteiger partial charge in [-0.3, -0.25) is 9.78 Å². The van der Waals surface area contributed by atoms with Crippen LogP contribution in [0.5, 0.6) is 0 Å². The van der Waals surface area contributed by atoms with Gasteiger partial charge in [-0.2, -0.15) is 0 Å². The fraction of sp³-hybridized carbons (Fsp3) is 0.560. The fourth-order valence-electron chi connectivity index (χ4n) is 4.67. The van der Waals surface area contributed by atoms with Crippen LogP contribution in [0.15, 0.2) is 18.2 Å². The number of amides is 2. The minimum Gasteiger partial charge on any atom is -0.444 e. The summed E-state index contributed by atoms with van der Waals surface area (Å²) >= 11 is 6.69. The smallest absolute Gasteiger partial charge is 0.410 e. The van der Waals surface area contributed by atoms with Crippen LogP contribution >= 0.6 is 11.6 Å². The molecule has 2 amide bonds. The molecular formula is C25H32ClN3O3. The van der Waals surface area contributed by atoms with Crippen LogP contribution in [-0.2, 0) is 17.6 Å². The Balaban J connectivity index is 1.56. The molecule has 1 fully saturated rings. The number of pyridine rings is 1. The van der Waals surface area contributed by atoms with Crippen LogP contribution in [0.2, 0.25) is 5.02 Å². The van der Waals surface area contributed by atoms with Crippen molar-refractivity contribution in [2.45, 2.75) is 78.0 Å². The monoisotopic (exact) mass is 457 g/mol. The second kappa shape index (κ2) is 8.54. The molecule has 0 saturated carbocycles.